The Balaban J connectivity index is 1.98. The van der Waals surface area contributed by atoms with Crippen LogP contribution in [0.2, 0.25) is 0 Å². The summed E-state index contributed by atoms with van der Waals surface area (Å²) >= 11 is 0. The van der Waals surface area contributed by atoms with E-state index in [4.69, 9.17) is 9.15 Å². The van der Waals surface area contributed by atoms with Crippen molar-refractivity contribution in [3.63, 3.8) is 0 Å². The highest BCUT2D eigenvalue weighted by Crippen LogP contribution is 2.41. The van der Waals surface area contributed by atoms with Crippen molar-refractivity contribution in [2.75, 3.05) is 7.05 Å². The lowest BCUT2D eigenvalue weighted by atomic mass is 9.82. The van der Waals surface area contributed by atoms with E-state index in [1.54, 1.807) is 0 Å². The Labute approximate surface area is 126 Å². The molecule has 5 unspecified atom stereocenters. The molecular weight excluding hydrogens is 262 g/mol. The number of furan rings is 1. The Morgan fingerprint density at radius 3 is 2.48 bits per heavy atom. The molecule has 1 aliphatic heterocycles. The van der Waals surface area contributed by atoms with Crippen LogP contribution >= 0.6 is 0 Å². The Bertz CT molecular complexity index is 633. The molecule has 1 fully saturated rings. The summed E-state index contributed by atoms with van der Waals surface area (Å²) in [5.41, 5.74) is 2.22. The van der Waals surface area contributed by atoms with Crippen LogP contribution in [0.5, 0.6) is 0 Å². The lowest BCUT2D eigenvalue weighted by Crippen LogP contribution is -2.32. The predicted molar refractivity (Wildman–Crippen MR) is 85.4 cm³/mol. The van der Waals surface area contributed by atoms with E-state index in [9.17, 15) is 0 Å². The van der Waals surface area contributed by atoms with E-state index in [1.807, 2.05) is 7.05 Å². The van der Waals surface area contributed by atoms with Crippen molar-refractivity contribution in [2.45, 2.75) is 45.9 Å². The van der Waals surface area contributed by atoms with E-state index in [2.05, 4.69) is 57.3 Å². The topological polar surface area (TPSA) is 34.4 Å². The normalized spacial score (nSPS) is 30.9. The van der Waals surface area contributed by atoms with Gasteiger partial charge < -0.3 is 14.5 Å². The highest BCUT2D eigenvalue weighted by molar-refractivity contribution is 5.78. The predicted octanol–water partition coefficient (Wildman–Crippen LogP) is 4.06. The van der Waals surface area contributed by atoms with Crippen LogP contribution in [0.1, 0.15) is 38.1 Å². The van der Waals surface area contributed by atoms with Crippen LogP contribution in [-0.4, -0.2) is 19.3 Å². The number of benzene rings is 1. The fourth-order valence-electron chi connectivity index (χ4n) is 3.73. The van der Waals surface area contributed by atoms with Gasteiger partial charge >= 0.3 is 0 Å². The molecule has 0 aliphatic carbocycles. The maximum atomic E-state index is 6.10. The zero-order chi connectivity index (χ0) is 15.1. The first-order valence-corrected chi connectivity index (χ1v) is 7.84. The molecule has 1 saturated heterocycles. The number of nitrogens with one attached hydrogen (secondary N) is 1. The maximum absolute atomic E-state index is 6.10. The summed E-state index contributed by atoms with van der Waals surface area (Å²) in [6, 6.07) is 8.69. The molecule has 1 aromatic heterocycles. The van der Waals surface area contributed by atoms with E-state index < -0.39 is 0 Å². The van der Waals surface area contributed by atoms with Crippen LogP contribution in [0.25, 0.3) is 11.0 Å². The third-order valence-electron chi connectivity index (χ3n) is 5.01. The summed E-state index contributed by atoms with van der Waals surface area (Å²) in [7, 11) is 2.01. The fourth-order valence-corrected chi connectivity index (χ4v) is 3.73. The fraction of sp³-hybridized carbons (Fsp3) is 0.556. The maximum Gasteiger partial charge on any atom is 0.134 e. The molecule has 3 heteroatoms. The number of ether oxygens (including phenoxy) is 1. The highest BCUT2D eigenvalue weighted by Gasteiger charge is 2.42. The van der Waals surface area contributed by atoms with Crippen LogP contribution in [0.15, 0.2) is 28.7 Å². The summed E-state index contributed by atoms with van der Waals surface area (Å²) in [5, 5.41) is 4.62. The Hall–Kier alpha value is -1.32. The van der Waals surface area contributed by atoms with Crippen molar-refractivity contribution in [1.82, 2.24) is 5.32 Å². The molecule has 0 saturated carbocycles. The largest absolute Gasteiger partial charge is 0.459 e. The number of fused-ring (bicyclic) bond motifs is 1. The third-order valence-corrected chi connectivity index (χ3v) is 5.01. The zero-order valence-corrected chi connectivity index (χ0v) is 13.5. The van der Waals surface area contributed by atoms with E-state index >= 15 is 0 Å². The molecule has 0 radical (unpaired) electrons. The Morgan fingerprint density at radius 1 is 1.10 bits per heavy atom. The van der Waals surface area contributed by atoms with Crippen molar-refractivity contribution in [3.05, 3.63) is 35.6 Å². The quantitative estimate of drug-likeness (QED) is 0.924. The first kappa shape index (κ1) is 14.6. The van der Waals surface area contributed by atoms with Crippen molar-refractivity contribution >= 4 is 11.0 Å². The van der Waals surface area contributed by atoms with Gasteiger partial charge in [-0.1, -0.05) is 18.6 Å². The molecule has 1 aliphatic rings. The molecule has 5 atom stereocenters. The van der Waals surface area contributed by atoms with Crippen LogP contribution < -0.4 is 5.32 Å². The number of hydrogen-bond donors (Lipinski definition) is 1. The van der Waals surface area contributed by atoms with Crippen molar-refractivity contribution < 1.29 is 9.15 Å². The summed E-state index contributed by atoms with van der Waals surface area (Å²) in [5.74, 6) is 1.94. The van der Waals surface area contributed by atoms with Crippen LogP contribution in [0.3, 0.4) is 0 Å². The molecular formula is C18H25NO2. The monoisotopic (exact) mass is 287 g/mol. The summed E-state index contributed by atoms with van der Waals surface area (Å²) in [6.07, 6.45) is 0.537. The summed E-state index contributed by atoms with van der Waals surface area (Å²) < 4.78 is 12.1. The Kier molecular flexibility index (Phi) is 3.80. The molecule has 3 rings (SSSR count). The van der Waals surface area contributed by atoms with E-state index in [0.29, 0.717) is 17.9 Å². The molecule has 0 spiro atoms. The first-order chi connectivity index (χ1) is 10.0. The summed E-state index contributed by atoms with van der Waals surface area (Å²) in [4.78, 5) is 0. The van der Waals surface area contributed by atoms with Crippen molar-refractivity contribution in [2.24, 2.45) is 11.8 Å². The van der Waals surface area contributed by atoms with Gasteiger partial charge in [0.15, 0.2) is 0 Å². The van der Waals surface area contributed by atoms with Crippen LogP contribution in [0, 0.1) is 18.8 Å². The molecule has 1 aromatic carbocycles. The van der Waals surface area contributed by atoms with Gasteiger partial charge in [0.05, 0.1) is 18.2 Å². The van der Waals surface area contributed by atoms with Gasteiger partial charge in [0.25, 0.3) is 0 Å². The molecule has 0 amide bonds. The second kappa shape index (κ2) is 5.47. The van der Waals surface area contributed by atoms with Gasteiger partial charge in [0.1, 0.15) is 11.3 Å². The standard InChI is InChI=1S/C18H25NO2/c1-10-6-7-15-14(8-10)9-16(21-15)18(19-5)17-11(2)12(3)20-13(17)4/h6-9,11-13,17-19H,1-5H3. The van der Waals surface area contributed by atoms with Gasteiger partial charge in [-0.3, -0.25) is 0 Å². The average Bonchev–Trinajstić information content (AvgIpc) is 2.95. The van der Waals surface area contributed by atoms with Gasteiger partial charge in [-0.15, -0.1) is 0 Å². The zero-order valence-electron chi connectivity index (χ0n) is 13.5. The molecule has 0 bridgehead atoms. The number of aryl methyl sites for hydroxylation is 1. The second-order valence-corrected chi connectivity index (χ2v) is 6.44. The van der Waals surface area contributed by atoms with E-state index in [-0.39, 0.29) is 12.1 Å². The number of rotatable bonds is 3. The lowest BCUT2D eigenvalue weighted by Gasteiger charge is -2.27. The molecule has 114 valence electrons. The van der Waals surface area contributed by atoms with Gasteiger partial charge in [-0.2, -0.15) is 0 Å². The molecule has 2 aromatic rings. The smallest absolute Gasteiger partial charge is 0.134 e. The van der Waals surface area contributed by atoms with Gasteiger partial charge in [0, 0.05) is 11.3 Å². The lowest BCUT2D eigenvalue weighted by molar-refractivity contribution is 0.0469. The molecule has 2 heterocycles. The average molecular weight is 287 g/mol. The summed E-state index contributed by atoms with van der Waals surface area (Å²) in [6.45, 7) is 8.71. The van der Waals surface area contributed by atoms with Crippen LogP contribution in [0.4, 0.5) is 0 Å². The van der Waals surface area contributed by atoms with E-state index in [0.717, 1.165) is 11.3 Å². The van der Waals surface area contributed by atoms with Gasteiger partial charge in [-0.25, -0.2) is 0 Å². The minimum atomic E-state index is 0.188. The highest BCUT2D eigenvalue weighted by atomic mass is 16.5. The second-order valence-electron chi connectivity index (χ2n) is 6.44. The van der Waals surface area contributed by atoms with Crippen LogP contribution in [-0.2, 0) is 4.74 Å². The first-order valence-electron chi connectivity index (χ1n) is 7.84. The molecule has 21 heavy (non-hydrogen) atoms. The van der Waals surface area contributed by atoms with Gasteiger partial charge in [-0.05, 0) is 51.9 Å². The third kappa shape index (κ3) is 2.49. The van der Waals surface area contributed by atoms with Gasteiger partial charge in [0.2, 0.25) is 0 Å². The minimum absolute atomic E-state index is 0.188. The minimum Gasteiger partial charge on any atom is -0.459 e. The SMILES string of the molecule is CNC(c1cc2cc(C)ccc2o1)C1C(C)OC(C)C1C. The Morgan fingerprint density at radius 2 is 1.86 bits per heavy atom. The number of hydrogen-bond acceptors (Lipinski definition) is 3. The molecule has 1 N–H and O–H groups in total. The van der Waals surface area contributed by atoms with Crippen molar-refractivity contribution in [1.29, 1.82) is 0 Å². The van der Waals surface area contributed by atoms with Crippen molar-refractivity contribution in [3.8, 4) is 0 Å². The van der Waals surface area contributed by atoms with E-state index in [1.165, 1.54) is 10.9 Å². The molecule has 3 nitrogen and oxygen atoms in total.